The first kappa shape index (κ1) is 23.5. The van der Waals surface area contributed by atoms with E-state index in [2.05, 4.69) is 10.6 Å². The van der Waals surface area contributed by atoms with Gasteiger partial charge in [-0.25, -0.2) is 0 Å². The van der Waals surface area contributed by atoms with Crippen LogP contribution in [0.2, 0.25) is 0 Å². The van der Waals surface area contributed by atoms with Crippen LogP contribution in [-0.2, 0) is 27.9 Å². The highest BCUT2D eigenvalue weighted by Gasteiger charge is 2.25. The molecule has 2 heterocycles. The first-order chi connectivity index (χ1) is 16.3. The molecule has 1 aromatic heterocycles. The van der Waals surface area contributed by atoms with Gasteiger partial charge in [0.25, 0.3) is 0 Å². The van der Waals surface area contributed by atoms with Crippen molar-refractivity contribution in [1.29, 1.82) is 0 Å². The number of aromatic nitrogens is 1. The molecule has 8 heteroatoms. The molecule has 1 atom stereocenters. The molecule has 0 bridgehead atoms. The Morgan fingerprint density at radius 1 is 1.09 bits per heavy atom. The fourth-order valence-electron chi connectivity index (χ4n) is 4.40. The summed E-state index contributed by atoms with van der Waals surface area (Å²) in [5.41, 5.74) is 3.91. The fraction of sp³-hybridized carbons (Fsp3) is 0.346. The molecule has 178 valence electrons. The lowest BCUT2D eigenvalue weighted by atomic mass is 9.99. The van der Waals surface area contributed by atoms with Gasteiger partial charge in [-0.1, -0.05) is 38.1 Å². The first-order valence-corrected chi connectivity index (χ1v) is 11.5. The number of nitrogens with one attached hydrogen (secondary N) is 2. The largest absolute Gasteiger partial charge is 0.386 e. The summed E-state index contributed by atoms with van der Waals surface area (Å²) >= 11 is 0. The van der Waals surface area contributed by atoms with E-state index in [9.17, 15) is 19.5 Å². The summed E-state index contributed by atoms with van der Waals surface area (Å²) in [7, 11) is 1.89. The van der Waals surface area contributed by atoms with E-state index in [1.54, 1.807) is 17.0 Å². The Hall–Kier alpha value is -3.65. The molecule has 3 amide bonds. The SMILES string of the molecule is CC(C)C(=O)N1CCCc2ccc(NC(=O)C(=O)NCC(O)c3cn(C)c4ccccc34)cc21. The van der Waals surface area contributed by atoms with Gasteiger partial charge in [0.2, 0.25) is 5.91 Å². The second-order valence-electron chi connectivity index (χ2n) is 8.98. The zero-order chi connectivity index (χ0) is 24.4. The number of anilines is 2. The minimum atomic E-state index is -0.956. The van der Waals surface area contributed by atoms with Crippen LogP contribution >= 0.6 is 0 Å². The number of aliphatic hydroxyl groups is 1. The Bertz CT molecular complexity index is 1250. The molecule has 0 saturated heterocycles. The average molecular weight is 463 g/mol. The van der Waals surface area contributed by atoms with Gasteiger partial charge in [0.1, 0.15) is 0 Å². The Labute approximate surface area is 198 Å². The lowest BCUT2D eigenvalue weighted by Crippen LogP contribution is -2.39. The number of aliphatic hydroxyl groups excluding tert-OH is 1. The minimum absolute atomic E-state index is 0.0320. The normalized spacial score (nSPS) is 14.1. The van der Waals surface area contributed by atoms with Crippen molar-refractivity contribution in [3.63, 3.8) is 0 Å². The molecule has 0 radical (unpaired) electrons. The van der Waals surface area contributed by atoms with Crippen molar-refractivity contribution in [2.45, 2.75) is 32.8 Å². The van der Waals surface area contributed by atoms with E-state index >= 15 is 0 Å². The molecule has 0 saturated carbocycles. The van der Waals surface area contributed by atoms with E-state index in [1.807, 2.05) is 62.0 Å². The highest BCUT2D eigenvalue weighted by molar-refractivity contribution is 6.39. The molecule has 1 aliphatic heterocycles. The molecule has 3 N–H and O–H groups in total. The van der Waals surface area contributed by atoms with Crippen molar-refractivity contribution in [2.24, 2.45) is 13.0 Å². The number of amides is 3. The van der Waals surface area contributed by atoms with E-state index in [4.69, 9.17) is 0 Å². The maximum atomic E-state index is 12.6. The van der Waals surface area contributed by atoms with Crippen LogP contribution in [0, 0.1) is 5.92 Å². The van der Waals surface area contributed by atoms with Crippen LogP contribution in [0.4, 0.5) is 11.4 Å². The number of para-hydroxylation sites is 1. The van der Waals surface area contributed by atoms with Crippen molar-refractivity contribution < 1.29 is 19.5 Å². The summed E-state index contributed by atoms with van der Waals surface area (Å²) in [4.78, 5) is 39.2. The van der Waals surface area contributed by atoms with Gasteiger partial charge in [-0.05, 0) is 36.6 Å². The smallest absolute Gasteiger partial charge is 0.313 e. The monoisotopic (exact) mass is 462 g/mol. The third-order valence-corrected chi connectivity index (χ3v) is 6.17. The molecule has 0 aliphatic carbocycles. The Morgan fingerprint density at radius 3 is 2.62 bits per heavy atom. The lowest BCUT2D eigenvalue weighted by Gasteiger charge is -2.31. The minimum Gasteiger partial charge on any atom is -0.386 e. The van der Waals surface area contributed by atoms with Gasteiger partial charge in [-0.2, -0.15) is 0 Å². The number of hydrogen-bond donors (Lipinski definition) is 3. The van der Waals surface area contributed by atoms with Crippen molar-refractivity contribution in [2.75, 3.05) is 23.3 Å². The van der Waals surface area contributed by atoms with Crippen LogP contribution in [-0.4, -0.2) is 40.5 Å². The quantitative estimate of drug-likeness (QED) is 0.507. The van der Waals surface area contributed by atoms with Crippen molar-refractivity contribution in [3.05, 3.63) is 59.8 Å². The number of fused-ring (bicyclic) bond motifs is 2. The third kappa shape index (κ3) is 4.68. The molecular formula is C26H30N4O4. The summed E-state index contributed by atoms with van der Waals surface area (Å²) in [6, 6.07) is 13.0. The first-order valence-electron chi connectivity index (χ1n) is 11.5. The molecule has 2 aromatic carbocycles. The summed E-state index contributed by atoms with van der Waals surface area (Å²) in [5.74, 6) is -1.78. The molecule has 3 aromatic rings. The summed E-state index contributed by atoms with van der Waals surface area (Å²) < 4.78 is 1.91. The van der Waals surface area contributed by atoms with Gasteiger partial charge in [0.15, 0.2) is 0 Å². The number of hydrogen-bond acceptors (Lipinski definition) is 4. The maximum absolute atomic E-state index is 12.6. The van der Waals surface area contributed by atoms with Gasteiger partial charge in [0.05, 0.1) is 6.10 Å². The number of aryl methyl sites for hydroxylation is 2. The summed E-state index contributed by atoms with van der Waals surface area (Å²) in [6.07, 6.45) is 2.61. The second kappa shape index (κ2) is 9.69. The van der Waals surface area contributed by atoms with E-state index in [1.165, 1.54) is 0 Å². The molecule has 4 rings (SSSR count). The van der Waals surface area contributed by atoms with Gasteiger partial charge in [-0.3, -0.25) is 14.4 Å². The van der Waals surface area contributed by atoms with E-state index in [-0.39, 0.29) is 18.4 Å². The summed E-state index contributed by atoms with van der Waals surface area (Å²) in [5, 5.41) is 16.6. The second-order valence-corrected chi connectivity index (χ2v) is 8.98. The molecule has 1 unspecified atom stereocenters. The van der Waals surface area contributed by atoms with Crippen molar-refractivity contribution in [3.8, 4) is 0 Å². The van der Waals surface area contributed by atoms with Gasteiger partial charge < -0.3 is 25.2 Å². The summed E-state index contributed by atoms with van der Waals surface area (Å²) in [6.45, 7) is 4.26. The number of rotatable bonds is 5. The number of carbonyl (C=O) groups is 3. The number of nitrogens with zero attached hydrogens (tertiary/aromatic N) is 2. The molecule has 8 nitrogen and oxygen atoms in total. The Kier molecular flexibility index (Phi) is 6.70. The molecule has 0 fully saturated rings. The zero-order valence-electron chi connectivity index (χ0n) is 19.7. The number of carbonyl (C=O) groups excluding carboxylic acids is 3. The third-order valence-electron chi connectivity index (χ3n) is 6.17. The molecule has 34 heavy (non-hydrogen) atoms. The van der Waals surface area contributed by atoms with Gasteiger partial charge >= 0.3 is 11.8 Å². The highest BCUT2D eigenvalue weighted by atomic mass is 16.3. The van der Waals surface area contributed by atoms with Crippen molar-refractivity contribution in [1.82, 2.24) is 9.88 Å². The number of benzene rings is 2. The predicted molar refractivity (Wildman–Crippen MR) is 131 cm³/mol. The van der Waals surface area contributed by atoms with Crippen LogP contribution < -0.4 is 15.5 Å². The molecular weight excluding hydrogens is 432 g/mol. The van der Waals surface area contributed by atoms with Crippen LogP contribution in [0.1, 0.15) is 37.5 Å². The van der Waals surface area contributed by atoms with Crippen LogP contribution in [0.3, 0.4) is 0 Å². The van der Waals surface area contributed by atoms with Crippen molar-refractivity contribution >= 4 is 40.0 Å². The van der Waals surface area contributed by atoms with E-state index in [0.717, 1.165) is 35.0 Å². The van der Waals surface area contributed by atoms with E-state index in [0.29, 0.717) is 17.8 Å². The zero-order valence-corrected chi connectivity index (χ0v) is 19.7. The fourth-order valence-corrected chi connectivity index (χ4v) is 4.40. The lowest BCUT2D eigenvalue weighted by molar-refractivity contribution is -0.136. The van der Waals surface area contributed by atoms with Gasteiger partial charge in [0, 0.05) is 60.1 Å². The highest BCUT2D eigenvalue weighted by Crippen LogP contribution is 2.31. The van der Waals surface area contributed by atoms with Crippen LogP contribution in [0.25, 0.3) is 10.9 Å². The van der Waals surface area contributed by atoms with E-state index < -0.39 is 17.9 Å². The predicted octanol–water partition coefficient (Wildman–Crippen LogP) is 2.90. The van der Waals surface area contributed by atoms with Crippen LogP contribution in [0.15, 0.2) is 48.7 Å². The maximum Gasteiger partial charge on any atom is 0.313 e. The molecule has 1 aliphatic rings. The standard InChI is InChI=1S/C26H30N4O4/c1-16(2)26(34)30-12-6-7-17-10-11-18(13-22(17)30)28-25(33)24(32)27-14-23(31)20-15-29(3)21-9-5-4-8-19(20)21/h4-5,8-11,13,15-16,23,31H,6-7,12,14H2,1-3H3,(H,27,32)(H,28,33). The Balaban J connectivity index is 1.40. The van der Waals surface area contributed by atoms with Gasteiger partial charge in [-0.15, -0.1) is 0 Å². The topological polar surface area (TPSA) is 104 Å². The molecule has 0 spiro atoms. The van der Waals surface area contributed by atoms with Crippen LogP contribution in [0.5, 0.6) is 0 Å². The Morgan fingerprint density at radius 2 is 1.85 bits per heavy atom. The average Bonchev–Trinajstić information content (AvgIpc) is 3.18.